The maximum atomic E-state index is 5.47. The molecule has 0 aliphatic carbocycles. The summed E-state index contributed by atoms with van der Waals surface area (Å²) in [5.74, 6) is 1.75. The lowest BCUT2D eigenvalue weighted by molar-refractivity contribution is 0.128. The molecule has 4 rings (SSSR count). The van der Waals surface area contributed by atoms with Gasteiger partial charge in [0.1, 0.15) is 0 Å². The second-order valence-corrected chi connectivity index (χ2v) is 6.71. The lowest BCUT2D eigenvalue weighted by atomic mass is 10.1. The summed E-state index contributed by atoms with van der Waals surface area (Å²) in [5.41, 5.74) is 2.62. The number of piperazine rings is 1. The molecule has 0 bridgehead atoms. The van der Waals surface area contributed by atoms with E-state index < -0.39 is 0 Å². The third-order valence-electron chi connectivity index (χ3n) is 4.93. The highest BCUT2D eigenvalue weighted by Gasteiger charge is 2.18. The van der Waals surface area contributed by atoms with Crippen LogP contribution in [-0.2, 0) is 6.54 Å². The van der Waals surface area contributed by atoms with Gasteiger partial charge in [-0.3, -0.25) is 4.90 Å². The Labute approximate surface area is 150 Å². The van der Waals surface area contributed by atoms with Crippen molar-refractivity contribution >= 4 is 0 Å². The first kappa shape index (κ1) is 16.4. The average molecular weight is 337 g/mol. The predicted molar refractivity (Wildman–Crippen MR) is 98.7 cm³/mol. The first-order valence-electron chi connectivity index (χ1n) is 9.08. The predicted octanol–water partition coefficient (Wildman–Crippen LogP) is 3.18. The van der Waals surface area contributed by atoms with E-state index in [1.807, 2.05) is 6.07 Å². The standard InChI is InChI=1S/C21H25N2O2/c1-2-5-18(6-3-1)7-4-10-22-11-13-23(14-12-22)16-19-8-9-20-21(15-19)25-17-24-20/h1-3,5-9,15H,4,10-14,16-17H2. The topological polar surface area (TPSA) is 24.9 Å². The van der Waals surface area contributed by atoms with Crippen LogP contribution in [0.15, 0.2) is 48.5 Å². The van der Waals surface area contributed by atoms with Gasteiger partial charge in [0.15, 0.2) is 11.5 Å². The third-order valence-corrected chi connectivity index (χ3v) is 4.93. The molecule has 2 aliphatic heterocycles. The molecule has 0 N–H and O–H groups in total. The Morgan fingerprint density at radius 1 is 0.840 bits per heavy atom. The quantitative estimate of drug-likeness (QED) is 0.808. The molecule has 2 aromatic carbocycles. The van der Waals surface area contributed by atoms with Gasteiger partial charge >= 0.3 is 0 Å². The minimum atomic E-state index is 0.345. The van der Waals surface area contributed by atoms with Crippen LogP contribution in [0.5, 0.6) is 11.5 Å². The third kappa shape index (κ3) is 4.33. The number of rotatable bonds is 6. The van der Waals surface area contributed by atoms with Crippen molar-refractivity contribution in [2.75, 3.05) is 39.5 Å². The van der Waals surface area contributed by atoms with Crippen molar-refractivity contribution in [1.82, 2.24) is 9.80 Å². The molecule has 0 amide bonds. The highest BCUT2D eigenvalue weighted by atomic mass is 16.7. The van der Waals surface area contributed by atoms with Gasteiger partial charge in [0.2, 0.25) is 6.79 Å². The van der Waals surface area contributed by atoms with Crippen LogP contribution in [-0.4, -0.2) is 49.3 Å². The van der Waals surface area contributed by atoms with E-state index >= 15 is 0 Å². The molecule has 4 heteroatoms. The molecule has 2 aliphatic rings. The van der Waals surface area contributed by atoms with Gasteiger partial charge in [-0.2, -0.15) is 0 Å². The van der Waals surface area contributed by atoms with E-state index in [1.54, 1.807) is 0 Å². The van der Waals surface area contributed by atoms with Crippen molar-refractivity contribution in [3.8, 4) is 11.5 Å². The van der Waals surface area contributed by atoms with E-state index in [2.05, 4.69) is 58.7 Å². The van der Waals surface area contributed by atoms with Crippen LogP contribution in [0, 0.1) is 6.42 Å². The molecule has 131 valence electrons. The number of benzene rings is 2. The van der Waals surface area contributed by atoms with E-state index in [-0.39, 0.29) is 0 Å². The van der Waals surface area contributed by atoms with Gasteiger partial charge in [0.05, 0.1) is 0 Å². The summed E-state index contributed by atoms with van der Waals surface area (Å²) in [6.45, 7) is 7.02. The highest BCUT2D eigenvalue weighted by Crippen LogP contribution is 2.32. The van der Waals surface area contributed by atoms with E-state index in [9.17, 15) is 0 Å². The zero-order chi connectivity index (χ0) is 16.9. The smallest absolute Gasteiger partial charge is 0.231 e. The SMILES string of the molecule is [CH](CCN1CCN(Cc2ccc3c(c2)OCO3)CC1)c1ccccc1. The van der Waals surface area contributed by atoms with E-state index in [1.165, 1.54) is 11.1 Å². The first-order valence-corrected chi connectivity index (χ1v) is 9.08. The summed E-state index contributed by atoms with van der Waals surface area (Å²) < 4.78 is 10.9. The average Bonchev–Trinajstić information content (AvgIpc) is 3.12. The Bertz CT molecular complexity index is 682. The summed E-state index contributed by atoms with van der Waals surface area (Å²) in [7, 11) is 0. The molecule has 0 atom stereocenters. The number of fused-ring (bicyclic) bond motifs is 1. The number of hydrogen-bond acceptors (Lipinski definition) is 4. The second-order valence-electron chi connectivity index (χ2n) is 6.71. The van der Waals surface area contributed by atoms with Gasteiger partial charge in [-0.25, -0.2) is 0 Å². The van der Waals surface area contributed by atoms with Gasteiger partial charge in [0, 0.05) is 32.7 Å². The summed E-state index contributed by atoms with van der Waals surface area (Å²) in [6, 6.07) is 16.9. The maximum Gasteiger partial charge on any atom is 0.231 e. The molecule has 4 nitrogen and oxygen atoms in total. The normalized spacial score (nSPS) is 17.8. The lowest BCUT2D eigenvalue weighted by Crippen LogP contribution is -2.46. The fourth-order valence-electron chi connectivity index (χ4n) is 3.47. The number of nitrogens with zero attached hydrogens (tertiary/aromatic N) is 2. The monoisotopic (exact) mass is 337 g/mol. The molecule has 2 heterocycles. The Kier molecular flexibility index (Phi) is 5.19. The van der Waals surface area contributed by atoms with Crippen molar-refractivity contribution in [2.24, 2.45) is 0 Å². The van der Waals surface area contributed by atoms with Crippen LogP contribution in [0.1, 0.15) is 17.5 Å². The fourth-order valence-corrected chi connectivity index (χ4v) is 3.47. The van der Waals surface area contributed by atoms with Gasteiger partial charge in [-0.1, -0.05) is 36.4 Å². The zero-order valence-electron chi connectivity index (χ0n) is 14.6. The zero-order valence-corrected chi connectivity index (χ0v) is 14.6. The molecule has 0 aromatic heterocycles. The Morgan fingerprint density at radius 3 is 2.44 bits per heavy atom. The molecule has 1 radical (unpaired) electrons. The molecule has 0 spiro atoms. The van der Waals surface area contributed by atoms with Gasteiger partial charge < -0.3 is 14.4 Å². The van der Waals surface area contributed by atoms with Crippen molar-refractivity contribution in [1.29, 1.82) is 0 Å². The summed E-state index contributed by atoms with van der Waals surface area (Å²) in [4.78, 5) is 5.09. The molecule has 25 heavy (non-hydrogen) atoms. The van der Waals surface area contributed by atoms with E-state index in [0.717, 1.165) is 57.2 Å². The Morgan fingerprint density at radius 2 is 1.60 bits per heavy atom. The molecule has 2 aromatic rings. The lowest BCUT2D eigenvalue weighted by Gasteiger charge is -2.34. The van der Waals surface area contributed by atoms with Crippen LogP contribution < -0.4 is 9.47 Å². The molecule has 1 saturated heterocycles. The van der Waals surface area contributed by atoms with Crippen molar-refractivity contribution < 1.29 is 9.47 Å². The van der Waals surface area contributed by atoms with Crippen LogP contribution in [0.4, 0.5) is 0 Å². The molecule has 0 unspecified atom stereocenters. The van der Waals surface area contributed by atoms with Crippen LogP contribution in [0.3, 0.4) is 0 Å². The Hall–Kier alpha value is -2.04. The minimum Gasteiger partial charge on any atom is -0.454 e. The summed E-state index contributed by atoms with van der Waals surface area (Å²) in [5, 5.41) is 0. The van der Waals surface area contributed by atoms with Gasteiger partial charge in [-0.15, -0.1) is 0 Å². The number of ether oxygens (including phenoxy) is 2. The van der Waals surface area contributed by atoms with Crippen LogP contribution >= 0.6 is 0 Å². The highest BCUT2D eigenvalue weighted by molar-refractivity contribution is 5.44. The van der Waals surface area contributed by atoms with Crippen molar-refractivity contribution in [3.63, 3.8) is 0 Å². The maximum absolute atomic E-state index is 5.47. The molecular weight excluding hydrogens is 312 g/mol. The Balaban J connectivity index is 1.19. The molecule has 1 fully saturated rings. The number of hydrogen-bond donors (Lipinski definition) is 0. The van der Waals surface area contributed by atoms with E-state index in [0.29, 0.717) is 6.79 Å². The minimum absolute atomic E-state index is 0.345. The van der Waals surface area contributed by atoms with Crippen LogP contribution in [0.2, 0.25) is 0 Å². The van der Waals surface area contributed by atoms with Crippen molar-refractivity contribution in [3.05, 3.63) is 66.1 Å². The molecular formula is C21H25N2O2. The molecule has 0 saturated carbocycles. The van der Waals surface area contributed by atoms with Gasteiger partial charge in [-0.05, 0) is 42.6 Å². The van der Waals surface area contributed by atoms with Crippen LogP contribution in [0.25, 0.3) is 0 Å². The first-order chi connectivity index (χ1) is 12.4. The second kappa shape index (κ2) is 7.89. The van der Waals surface area contributed by atoms with Gasteiger partial charge in [0.25, 0.3) is 0 Å². The summed E-state index contributed by atoms with van der Waals surface area (Å²) >= 11 is 0. The summed E-state index contributed by atoms with van der Waals surface area (Å²) in [6.07, 6.45) is 3.45. The van der Waals surface area contributed by atoms with Crippen molar-refractivity contribution in [2.45, 2.75) is 13.0 Å². The largest absolute Gasteiger partial charge is 0.454 e. The van der Waals surface area contributed by atoms with E-state index in [4.69, 9.17) is 9.47 Å². The fraction of sp³-hybridized carbons (Fsp3) is 0.381.